The van der Waals surface area contributed by atoms with Crippen LogP contribution in [0.5, 0.6) is 0 Å². The van der Waals surface area contributed by atoms with Crippen molar-refractivity contribution in [2.24, 2.45) is 4.99 Å². The van der Waals surface area contributed by atoms with Crippen LogP contribution in [-0.2, 0) is 4.79 Å². The van der Waals surface area contributed by atoms with Crippen molar-refractivity contribution in [1.29, 1.82) is 0 Å². The maximum absolute atomic E-state index is 10.7. The van der Waals surface area contributed by atoms with Crippen LogP contribution in [0.2, 0.25) is 0 Å². The second-order valence-corrected chi connectivity index (χ2v) is 1.91. The first kappa shape index (κ1) is 6.07. The Bertz CT molecular complexity index is 164. The molecule has 0 atom stereocenters. The van der Waals surface area contributed by atoms with Crippen LogP contribution < -0.4 is 5.43 Å². The first-order chi connectivity index (χ1) is 4.24. The van der Waals surface area contributed by atoms with E-state index in [2.05, 4.69) is 10.4 Å². The third-order valence-corrected chi connectivity index (χ3v) is 1.26. The molecule has 0 aromatic heterocycles. The van der Waals surface area contributed by atoms with Crippen molar-refractivity contribution < 1.29 is 4.79 Å². The summed E-state index contributed by atoms with van der Waals surface area (Å²) < 4.78 is 0. The third-order valence-electron chi connectivity index (χ3n) is 1.26. The van der Waals surface area contributed by atoms with Crippen molar-refractivity contribution in [2.45, 2.75) is 6.42 Å². The van der Waals surface area contributed by atoms with E-state index in [1.807, 2.05) is 0 Å². The molecule has 1 rings (SSSR count). The molecule has 9 heavy (non-hydrogen) atoms. The highest BCUT2D eigenvalue weighted by Gasteiger charge is 2.20. The van der Waals surface area contributed by atoms with Crippen LogP contribution in [0.15, 0.2) is 4.99 Å². The zero-order valence-electron chi connectivity index (χ0n) is 5.51. The molecule has 1 fully saturated rings. The Morgan fingerprint density at radius 2 is 2.44 bits per heavy atom. The monoisotopic (exact) mass is 127 g/mol. The SMILES string of the molecule is CN=C1CC(=O)N(C)N1. The zero-order valence-corrected chi connectivity index (χ0v) is 5.51. The van der Waals surface area contributed by atoms with E-state index in [0.29, 0.717) is 6.42 Å². The molecule has 0 aliphatic carbocycles. The lowest BCUT2D eigenvalue weighted by molar-refractivity contribution is -0.128. The lowest BCUT2D eigenvalue weighted by atomic mass is 10.4. The van der Waals surface area contributed by atoms with Crippen LogP contribution in [0.4, 0.5) is 0 Å². The molecule has 1 saturated heterocycles. The highest BCUT2D eigenvalue weighted by Crippen LogP contribution is 1.97. The number of carbonyl (C=O) groups excluding carboxylic acids is 1. The van der Waals surface area contributed by atoms with Crippen molar-refractivity contribution in [3.8, 4) is 0 Å². The van der Waals surface area contributed by atoms with E-state index in [1.165, 1.54) is 5.01 Å². The molecular formula is C5H9N3O. The first-order valence-corrected chi connectivity index (χ1v) is 2.73. The highest BCUT2D eigenvalue weighted by molar-refractivity contribution is 6.04. The lowest BCUT2D eigenvalue weighted by Gasteiger charge is -2.05. The Kier molecular flexibility index (Phi) is 1.38. The Morgan fingerprint density at radius 1 is 1.78 bits per heavy atom. The number of rotatable bonds is 0. The number of nitrogens with one attached hydrogen (secondary N) is 1. The van der Waals surface area contributed by atoms with Gasteiger partial charge in [0.15, 0.2) is 0 Å². The average Bonchev–Trinajstić information content (AvgIpc) is 2.13. The molecule has 4 nitrogen and oxygen atoms in total. The van der Waals surface area contributed by atoms with Crippen molar-refractivity contribution in [1.82, 2.24) is 10.4 Å². The summed E-state index contributed by atoms with van der Waals surface area (Å²) in [4.78, 5) is 14.6. The summed E-state index contributed by atoms with van der Waals surface area (Å²) in [5.41, 5.74) is 2.79. The van der Waals surface area contributed by atoms with Crippen LogP contribution in [0.25, 0.3) is 0 Å². The molecule has 1 amide bonds. The largest absolute Gasteiger partial charge is 0.283 e. The zero-order chi connectivity index (χ0) is 6.85. The van der Waals surface area contributed by atoms with Crippen LogP contribution in [0, 0.1) is 0 Å². The molecule has 0 unspecified atom stereocenters. The summed E-state index contributed by atoms with van der Waals surface area (Å²) in [6.45, 7) is 0. The molecule has 1 aliphatic rings. The molecule has 0 aromatic carbocycles. The molecule has 1 N–H and O–H groups in total. The fourth-order valence-corrected chi connectivity index (χ4v) is 0.686. The maximum Gasteiger partial charge on any atom is 0.248 e. The van der Waals surface area contributed by atoms with Gasteiger partial charge in [-0.15, -0.1) is 0 Å². The van der Waals surface area contributed by atoms with Gasteiger partial charge >= 0.3 is 0 Å². The fourth-order valence-electron chi connectivity index (χ4n) is 0.686. The molecule has 1 aliphatic heterocycles. The van der Waals surface area contributed by atoms with E-state index in [4.69, 9.17) is 0 Å². The highest BCUT2D eigenvalue weighted by atomic mass is 16.2. The Labute approximate surface area is 53.5 Å². The van der Waals surface area contributed by atoms with E-state index in [9.17, 15) is 4.79 Å². The summed E-state index contributed by atoms with van der Waals surface area (Å²) >= 11 is 0. The van der Waals surface area contributed by atoms with E-state index < -0.39 is 0 Å². The van der Waals surface area contributed by atoms with Crippen LogP contribution in [0.3, 0.4) is 0 Å². The van der Waals surface area contributed by atoms with Crippen LogP contribution in [-0.4, -0.2) is 30.8 Å². The van der Waals surface area contributed by atoms with Gasteiger partial charge in [0.25, 0.3) is 0 Å². The predicted molar refractivity (Wildman–Crippen MR) is 33.9 cm³/mol. The number of hydrazine groups is 1. The second kappa shape index (κ2) is 2.05. The van der Waals surface area contributed by atoms with Gasteiger partial charge in [-0.25, -0.2) is 0 Å². The maximum atomic E-state index is 10.7. The van der Waals surface area contributed by atoms with Crippen molar-refractivity contribution in [3.63, 3.8) is 0 Å². The fraction of sp³-hybridized carbons (Fsp3) is 0.600. The van der Waals surface area contributed by atoms with Gasteiger partial charge in [0, 0.05) is 14.1 Å². The molecule has 0 spiro atoms. The van der Waals surface area contributed by atoms with Crippen LogP contribution in [0.1, 0.15) is 6.42 Å². The van der Waals surface area contributed by atoms with Gasteiger partial charge < -0.3 is 0 Å². The Morgan fingerprint density at radius 3 is 2.67 bits per heavy atom. The van der Waals surface area contributed by atoms with Crippen molar-refractivity contribution >= 4 is 11.7 Å². The predicted octanol–water partition coefficient (Wildman–Crippen LogP) is -0.619. The molecule has 0 bridgehead atoms. The first-order valence-electron chi connectivity index (χ1n) is 2.73. The van der Waals surface area contributed by atoms with Gasteiger partial charge in [0.1, 0.15) is 5.84 Å². The lowest BCUT2D eigenvalue weighted by Crippen LogP contribution is -2.31. The molecular weight excluding hydrogens is 118 g/mol. The van der Waals surface area contributed by atoms with Gasteiger partial charge in [-0.05, 0) is 0 Å². The molecule has 50 valence electrons. The van der Waals surface area contributed by atoms with E-state index in [0.717, 1.165) is 5.84 Å². The third kappa shape index (κ3) is 1.01. The van der Waals surface area contributed by atoms with Gasteiger partial charge in [-0.1, -0.05) is 0 Å². The topological polar surface area (TPSA) is 44.7 Å². The van der Waals surface area contributed by atoms with Gasteiger partial charge in [0.2, 0.25) is 5.91 Å². The van der Waals surface area contributed by atoms with Crippen molar-refractivity contribution in [2.75, 3.05) is 14.1 Å². The molecule has 0 saturated carbocycles. The molecule has 0 aromatic rings. The normalized spacial score (nSPS) is 23.1. The summed E-state index contributed by atoms with van der Waals surface area (Å²) in [6, 6.07) is 0. The van der Waals surface area contributed by atoms with Crippen LogP contribution >= 0.6 is 0 Å². The molecule has 0 radical (unpaired) electrons. The average molecular weight is 127 g/mol. The minimum absolute atomic E-state index is 0.0654. The summed E-state index contributed by atoms with van der Waals surface area (Å²) in [7, 11) is 3.34. The number of hydrogen-bond acceptors (Lipinski definition) is 2. The minimum Gasteiger partial charge on any atom is -0.283 e. The van der Waals surface area contributed by atoms with Gasteiger partial charge in [0.05, 0.1) is 6.42 Å². The summed E-state index contributed by atoms with van der Waals surface area (Å²) in [5, 5.41) is 1.43. The summed E-state index contributed by atoms with van der Waals surface area (Å²) in [6.07, 6.45) is 0.410. The Hall–Kier alpha value is -1.06. The minimum atomic E-state index is 0.0654. The number of aliphatic imine (C=N–C) groups is 1. The van der Waals surface area contributed by atoms with E-state index in [1.54, 1.807) is 14.1 Å². The van der Waals surface area contributed by atoms with Gasteiger partial charge in [-0.2, -0.15) is 0 Å². The van der Waals surface area contributed by atoms with Crippen molar-refractivity contribution in [3.05, 3.63) is 0 Å². The quantitative estimate of drug-likeness (QED) is 0.471. The number of hydrogen-bond donors (Lipinski definition) is 1. The number of amides is 1. The standard InChI is InChI=1S/C5H9N3O/c1-6-4-3-5(9)8(2)7-4/h3H2,1-2H3,(H,6,7). The number of amidine groups is 1. The van der Waals surface area contributed by atoms with E-state index >= 15 is 0 Å². The summed E-state index contributed by atoms with van der Waals surface area (Å²) in [5.74, 6) is 0.804. The number of carbonyl (C=O) groups is 1. The number of nitrogens with zero attached hydrogens (tertiary/aromatic N) is 2. The second-order valence-electron chi connectivity index (χ2n) is 1.91. The van der Waals surface area contributed by atoms with Gasteiger partial charge in [-0.3, -0.25) is 20.2 Å². The smallest absolute Gasteiger partial charge is 0.248 e. The van der Waals surface area contributed by atoms with E-state index in [-0.39, 0.29) is 5.91 Å². The molecule has 4 heteroatoms. The Balaban J connectivity index is 2.65. The molecule has 1 heterocycles.